The maximum absolute atomic E-state index is 12.1. The summed E-state index contributed by atoms with van der Waals surface area (Å²) in [5, 5.41) is 10.9. The lowest BCUT2D eigenvalue weighted by molar-refractivity contribution is 0.245. The third kappa shape index (κ3) is 4.41. The van der Waals surface area contributed by atoms with E-state index in [1.807, 2.05) is 35.7 Å². The molecule has 0 saturated carbocycles. The van der Waals surface area contributed by atoms with Gasteiger partial charge < -0.3 is 15.4 Å². The van der Waals surface area contributed by atoms with Crippen LogP contribution in [-0.4, -0.2) is 28.7 Å². The van der Waals surface area contributed by atoms with Crippen molar-refractivity contribution in [3.63, 3.8) is 0 Å². The van der Waals surface area contributed by atoms with E-state index in [0.29, 0.717) is 23.9 Å². The Bertz CT molecular complexity index is 1190. The van der Waals surface area contributed by atoms with Gasteiger partial charge in [-0.3, -0.25) is 9.88 Å². The number of hydrogen-bond donors (Lipinski definition) is 3. The number of fused-ring (bicyclic) bond motifs is 1. The molecule has 1 aromatic carbocycles. The highest BCUT2D eigenvalue weighted by Gasteiger charge is 2.09. The Balaban J connectivity index is 1.42. The zero-order valence-electron chi connectivity index (χ0n) is 16.1. The van der Waals surface area contributed by atoms with Crippen molar-refractivity contribution in [3.8, 4) is 11.5 Å². The average molecular weight is 421 g/mol. The first kappa shape index (κ1) is 19.5. The number of carbonyl (C=O) groups excluding carboxylic acids is 2. The van der Waals surface area contributed by atoms with E-state index in [2.05, 4.69) is 20.9 Å². The molecule has 4 rings (SSSR count). The summed E-state index contributed by atoms with van der Waals surface area (Å²) < 4.78 is 7.43. The fourth-order valence-electron chi connectivity index (χ4n) is 2.90. The molecule has 30 heavy (non-hydrogen) atoms. The number of thiophene rings is 1. The highest BCUT2D eigenvalue weighted by molar-refractivity contribution is 7.09. The molecule has 3 amide bonds. The zero-order chi connectivity index (χ0) is 20.9. The number of pyridine rings is 1. The SMILES string of the molecule is CNC(=O)n1ccc2cc(Oc3ccnc(NC(=O)NCc4cccs4)c3)ccc21. The summed E-state index contributed by atoms with van der Waals surface area (Å²) in [6, 6.07) is 14.0. The van der Waals surface area contributed by atoms with Gasteiger partial charge in [0, 0.05) is 35.8 Å². The lowest BCUT2D eigenvalue weighted by Gasteiger charge is -2.09. The van der Waals surface area contributed by atoms with E-state index in [0.717, 1.165) is 15.8 Å². The van der Waals surface area contributed by atoms with Gasteiger partial charge in [-0.2, -0.15) is 0 Å². The summed E-state index contributed by atoms with van der Waals surface area (Å²) in [6.07, 6.45) is 3.27. The number of rotatable bonds is 5. The predicted molar refractivity (Wildman–Crippen MR) is 116 cm³/mol. The molecule has 0 aliphatic rings. The van der Waals surface area contributed by atoms with E-state index < -0.39 is 0 Å². The molecular formula is C21H19N5O3S. The van der Waals surface area contributed by atoms with Crippen LogP contribution in [0.3, 0.4) is 0 Å². The van der Waals surface area contributed by atoms with E-state index >= 15 is 0 Å². The van der Waals surface area contributed by atoms with Crippen molar-refractivity contribution in [1.82, 2.24) is 20.2 Å². The molecule has 4 aromatic rings. The molecule has 0 bridgehead atoms. The smallest absolute Gasteiger partial charge is 0.325 e. The quantitative estimate of drug-likeness (QED) is 0.445. The van der Waals surface area contributed by atoms with Crippen molar-refractivity contribution >= 4 is 40.1 Å². The largest absolute Gasteiger partial charge is 0.457 e. The molecule has 152 valence electrons. The first-order chi connectivity index (χ1) is 14.6. The number of carbonyl (C=O) groups is 2. The van der Waals surface area contributed by atoms with Gasteiger partial charge in [-0.15, -0.1) is 11.3 Å². The first-order valence-electron chi connectivity index (χ1n) is 9.17. The van der Waals surface area contributed by atoms with Crippen molar-refractivity contribution < 1.29 is 14.3 Å². The Morgan fingerprint density at radius 1 is 1.13 bits per heavy atom. The van der Waals surface area contributed by atoms with Gasteiger partial charge in [0.05, 0.1) is 12.1 Å². The summed E-state index contributed by atoms with van der Waals surface area (Å²) in [6.45, 7) is 0.454. The van der Waals surface area contributed by atoms with E-state index in [4.69, 9.17) is 4.74 Å². The molecule has 0 unspecified atom stereocenters. The van der Waals surface area contributed by atoms with E-state index in [9.17, 15) is 9.59 Å². The minimum absolute atomic E-state index is 0.208. The minimum Gasteiger partial charge on any atom is -0.457 e. The number of benzene rings is 1. The van der Waals surface area contributed by atoms with Gasteiger partial charge in [0.1, 0.15) is 17.3 Å². The fourth-order valence-corrected chi connectivity index (χ4v) is 3.55. The second-order valence-corrected chi connectivity index (χ2v) is 7.36. The molecule has 0 aliphatic carbocycles. The van der Waals surface area contributed by atoms with Gasteiger partial charge in [-0.25, -0.2) is 14.6 Å². The van der Waals surface area contributed by atoms with Crippen molar-refractivity contribution in [2.75, 3.05) is 12.4 Å². The van der Waals surface area contributed by atoms with Crippen LogP contribution >= 0.6 is 11.3 Å². The number of urea groups is 1. The monoisotopic (exact) mass is 421 g/mol. The Morgan fingerprint density at radius 3 is 2.80 bits per heavy atom. The molecule has 3 N–H and O–H groups in total. The second kappa shape index (κ2) is 8.66. The van der Waals surface area contributed by atoms with Gasteiger partial charge in [0.25, 0.3) is 0 Å². The molecule has 3 aromatic heterocycles. The molecule has 0 atom stereocenters. The van der Waals surface area contributed by atoms with Gasteiger partial charge in [0.15, 0.2) is 0 Å². The molecule has 3 heterocycles. The van der Waals surface area contributed by atoms with Gasteiger partial charge in [-0.05, 0) is 41.8 Å². The number of ether oxygens (including phenoxy) is 1. The maximum atomic E-state index is 12.1. The third-order valence-electron chi connectivity index (χ3n) is 4.31. The normalized spacial score (nSPS) is 10.6. The molecule has 0 aliphatic heterocycles. The number of anilines is 1. The Labute approximate surface area is 176 Å². The van der Waals surface area contributed by atoms with Crippen LogP contribution < -0.4 is 20.7 Å². The summed E-state index contributed by atoms with van der Waals surface area (Å²) >= 11 is 1.58. The van der Waals surface area contributed by atoms with Gasteiger partial charge >= 0.3 is 12.1 Å². The highest BCUT2D eigenvalue weighted by Crippen LogP contribution is 2.27. The number of hydrogen-bond acceptors (Lipinski definition) is 5. The molecule has 0 spiro atoms. The van der Waals surface area contributed by atoms with Crippen LogP contribution in [0.5, 0.6) is 11.5 Å². The maximum Gasteiger partial charge on any atom is 0.325 e. The number of nitrogens with one attached hydrogen (secondary N) is 3. The van der Waals surface area contributed by atoms with Crippen LogP contribution in [0.25, 0.3) is 10.9 Å². The molecular weight excluding hydrogens is 402 g/mol. The standard InChI is InChI=1S/C21H19N5O3S/c1-22-21(28)26-9-7-14-11-15(4-5-18(14)26)29-16-6-8-23-19(12-16)25-20(27)24-13-17-3-2-10-30-17/h2-12H,13H2,1H3,(H,22,28)(H2,23,24,25,27). The molecule has 8 nitrogen and oxygen atoms in total. The first-order valence-corrected chi connectivity index (χ1v) is 10.0. The van der Waals surface area contributed by atoms with Gasteiger partial charge in [-0.1, -0.05) is 6.07 Å². The number of aromatic nitrogens is 2. The van der Waals surface area contributed by atoms with E-state index in [1.165, 1.54) is 4.57 Å². The molecule has 0 radical (unpaired) electrons. The number of amides is 3. The molecule has 0 saturated heterocycles. The lowest BCUT2D eigenvalue weighted by Crippen LogP contribution is -2.28. The molecule has 0 fully saturated rings. The Kier molecular flexibility index (Phi) is 5.62. The van der Waals surface area contributed by atoms with Crippen molar-refractivity contribution in [2.45, 2.75) is 6.54 Å². The summed E-state index contributed by atoms with van der Waals surface area (Å²) in [5.41, 5.74) is 0.779. The number of nitrogens with zero attached hydrogens (tertiary/aromatic N) is 2. The second-order valence-electron chi connectivity index (χ2n) is 6.33. The van der Waals surface area contributed by atoms with E-state index in [1.54, 1.807) is 49.0 Å². The van der Waals surface area contributed by atoms with Crippen molar-refractivity contribution in [2.24, 2.45) is 0 Å². The van der Waals surface area contributed by atoms with Crippen molar-refractivity contribution in [3.05, 3.63) is 71.2 Å². The topological polar surface area (TPSA) is 97.3 Å². The molecule has 9 heteroatoms. The van der Waals surface area contributed by atoms with Crippen LogP contribution in [0.2, 0.25) is 0 Å². The van der Waals surface area contributed by atoms with E-state index in [-0.39, 0.29) is 12.1 Å². The third-order valence-corrected chi connectivity index (χ3v) is 5.18. The Hall–Kier alpha value is -3.85. The summed E-state index contributed by atoms with van der Waals surface area (Å²) in [5.74, 6) is 1.52. The van der Waals surface area contributed by atoms with Crippen LogP contribution in [0.1, 0.15) is 4.88 Å². The van der Waals surface area contributed by atoms with Crippen LogP contribution in [0.15, 0.2) is 66.3 Å². The lowest BCUT2D eigenvalue weighted by atomic mass is 10.2. The highest BCUT2D eigenvalue weighted by atomic mass is 32.1. The zero-order valence-corrected chi connectivity index (χ0v) is 16.9. The van der Waals surface area contributed by atoms with Crippen LogP contribution in [-0.2, 0) is 6.54 Å². The van der Waals surface area contributed by atoms with Gasteiger partial charge in [0.2, 0.25) is 0 Å². The average Bonchev–Trinajstić information content (AvgIpc) is 3.41. The Morgan fingerprint density at radius 2 is 2.00 bits per heavy atom. The van der Waals surface area contributed by atoms with Crippen molar-refractivity contribution in [1.29, 1.82) is 0 Å². The summed E-state index contributed by atoms with van der Waals surface area (Å²) in [7, 11) is 1.59. The predicted octanol–water partition coefficient (Wildman–Crippen LogP) is 4.40. The fraction of sp³-hybridized carbons (Fsp3) is 0.0952. The summed E-state index contributed by atoms with van der Waals surface area (Å²) in [4.78, 5) is 29.2. The van der Waals surface area contributed by atoms with Crippen LogP contribution in [0.4, 0.5) is 15.4 Å². The minimum atomic E-state index is -0.343. The van der Waals surface area contributed by atoms with Crippen LogP contribution in [0, 0.1) is 0 Å².